The number of nitrogens with one attached hydrogen (secondary N) is 2. The van der Waals surface area contributed by atoms with Gasteiger partial charge in [0.1, 0.15) is 0 Å². The second-order valence-electron chi connectivity index (χ2n) is 5.86. The molecule has 2 aliphatic rings. The maximum Gasteiger partial charge on any atom is 0.280 e. The maximum atomic E-state index is 12.1. The van der Waals surface area contributed by atoms with E-state index in [9.17, 15) is 10.0 Å². The van der Waals surface area contributed by atoms with Crippen LogP contribution in [-0.4, -0.2) is 18.1 Å². The number of amides is 1. The van der Waals surface area contributed by atoms with Gasteiger partial charge in [0, 0.05) is 12.3 Å². The second-order valence-corrected chi connectivity index (χ2v) is 5.86. The fourth-order valence-corrected chi connectivity index (χ4v) is 3.55. The Labute approximate surface area is 97.0 Å². The van der Waals surface area contributed by atoms with Crippen LogP contribution in [-0.2, 0) is 4.79 Å². The fraction of sp³-hybridized carbons (Fsp3) is 0.917. The Kier molecular flexibility index (Phi) is 2.97. The molecule has 0 aromatic carbocycles. The molecule has 2 unspecified atom stereocenters. The number of carbonyl (C=O) groups is 1. The zero-order chi connectivity index (χ0) is 11.9. The van der Waals surface area contributed by atoms with Crippen molar-refractivity contribution in [3.63, 3.8) is 0 Å². The molecule has 1 amide bonds. The average Bonchev–Trinajstić information content (AvgIpc) is 2.41. The van der Waals surface area contributed by atoms with Gasteiger partial charge in [-0.05, 0) is 24.7 Å². The lowest BCUT2D eigenvalue weighted by atomic mass is 9.70. The van der Waals surface area contributed by atoms with Gasteiger partial charge >= 0.3 is 0 Å². The molecule has 0 bridgehead atoms. The highest BCUT2D eigenvalue weighted by molar-refractivity contribution is 5.79. The zero-order valence-electron chi connectivity index (χ0n) is 10.4. The molecule has 4 heteroatoms. The third-order valence-corrected chi connectivity index (χ3v) is 4.26. The Morgan fingerprint density at radius 1 is 1.50 bits per heavy atom. The van der Waals surface area contributed by atoms with Crippen LogP contribution in [0.5, 0.6) is 0 Å². The Morgan fingerprint density at radius 3 is 2.69 bits per heavy atom. The second kappa shape index (κ2) is 4.00. The van der Waals surface area contributed by atoms with Gasteiger partial charge < -0.3 is 10.3 Å². The van der Waals surface area contributed by atoms with Crippen LogP contribution in [0.3, 0.4) is 0 Å². The Hall–Kier alpha value is -0.610. The van der Waals surface area contributed by atoms with Gasteiger partial charge in [-0.25, -0.2) is 0 Å². The van der Waals surface area contributed by atoms with Crippen LogP contribution >= 0.6 is 0 Å². The van der Waals surface area contributed by atoms with E-state index in [-0.39, 0.29) is 17.5 Å². The van der Waals surface area contributed by atoms with Gasteiger partial charge in [0.2, 0.25) is 0 Å². The van der Waals surface area contributed by atoms with Gasteiger partial charge in [0.05, 0.1) is 0 Å². The molecule has 2 N–H and O–H groups in total. The van der Waals surface area contributed by atoms with E-state index in [1.807, 2.05) is 0 Å². The molecule has 16 heavy (non-hydrogen) atoms. The largest absolute Gasteiger partial charge is 0.632 e. The van der Waals surface area contributed by atoms with E-state index >= 15 is 0 Å². The molecule has 1 heterocycles. The number of hydrogen-bond acceptors (Lipinski definition) is 2. The van der Waals surface area contributed by atoms with Crippen LogP contribution < -0.4 is 10.4 Å². The van der Waals surface area contributed by atoms with Crippen molar-refractivity contribution in [2.45, 2.75) is 45.7 Å². The average molecular weight is 226 g/mol. The predicted molar refractivity (Wildman–Crippen MR) is 61.4 cm³/mol. The summed E-state index contributed by atoms with van der Waals surface area (Å²) in [5.41, 5.74) is -0.525. The van der Waals surface area contributed by atoms with E-state index in [1.54, 1.807) is 0 Å². The molecular formula is C12H22N2O2. The van der Waals surface area contributed by atoms with Gasteiger partial charge in [0.15, 0.2) is 12.2 Å². The van der Waals surface area contributed by atoms with Crippen molar-refractivity contribution in [3.05, 3.63) is 5.21 Å². The molecular weight excluding hydrogens is 204 g/mol. The molecule has 4 atom stereocenters. The molecule has 1 aliphatic heterocycles. The first kappa shape index (κ1) is 11.9. The molecule has 92 valence electrons. The summed E-state index contributed by atoms with van der Waals surface area (Å²) >= 11 is 0. The maximum absolute atomic E-state index is 12.1. The highest BCUT2D eigenvalue weighted by Crippen LogP contribution is 2.38. The third-order valence-electron chi connectivity index (χ3n) is 4.26. The minimum Gasteiger partial charge on any atom is -0.632 e. The van der Waals surface area contributed by atoms with Crippen molar-refractivity contribution in [1.29, 1.82) is 0 Å². The van der Waals surface area contributed by atoms with Crippen LogP contribution in [0, 0.1) is 23.0 Å². The quantitative estimate of drug-likeness (QED) is 0.631. The van der Waals surface area contributed by atoms with E-state index in [0.717, 1.165) is 12.8 Å². The first-order valence-electron chi connectivity index (χ1n) is 6.30. The number of hydroxylamine groups is 2. The van der Waals surface area contributed by atoms with Crippen molar-refractivity contribution in [3.8, 4) is 0 Å². The van der Waals surface area contributed by atoms with Gasteiger partial charge in [-0.15, -0.1) is 0 Å². The predicted octanol–water partition coefficient (Wildman–Crippen LogP) is 0.287. The molecule has 0 radical (unpaired) electrons. The molecule has 1 saturated heterocycles. The van der Waals surface area contributed by atoms with E-state index in [1.165, 1.54) is 6.42 Å². The van der Waals surface area contributed by atoms with Crippen LogP contribution in [0.25, 0.3) is 0 Å². The molecule has 1 aliphatic carbocycles. The monoisotopic (exact) mass is 226 g/mol. The Balaban J connectivity index is 2.28. The van der Waals surface area contributed by atoms with E-state index in [0.29, 0.717) is 17.8 Å². The lowest BCUT2D eigenvalue weighted by molar-refractivity contribution is -0.899. The summed E-state index contributed by atoms with van der Waals surface area (Å²) in [6.45, 7) is 6.58. The molecule has 1 spiro atoms. The van der Waals surface area contributed by atoms with E-state index < -0.39 is 5.66 Å². The van der Waals surface area contributed by atoms with Gasteiger partial charge in [0.25, 0.3) is 5.91 Å². The van der Waals surface area contributed by atoms with Crippen molar-refractivity contribution < 1.29 is 9.86 Å². The number of carbonyl (C=O) groups excluding carboxylic acids is 1. The molecule has 0 aromatic rings. The molecule has 2 fully saturated rings. The first-order chi connectivity index (χ1) is 7.45. The van der Waals surface area contributed by atoms with Crippen LogP contribution in [0.1, 0.15) is 40.0 Å². The minimum atomic E-state index is -0.525. The van der Waals surface area contributed by atoms with E-state index in [4.69, 9.17) is 0 Å². The molecule has 0 aromatic heterocycles. The Morgan fingerprint density at radius 2 is 2.19 bits per heavy atom. The van der Waals surface area contributed by atoms with Crippen molar-refractivity contribution in [2.75, 3.05) is 6.54 Å². The lowest BCUT2D eigenvalue weighted by Gasteiger charge is -2.48. The Bertz CT molecular complexity index is 293. The summed E-state index contributed by atoms with van der Waals surface area (Å²) in [5.74, 6) is 1.24. The summed E-state index contributed by atoms with van der Waals surface area (Å²) < 4.78 is 0. The third kappa shape index (κ3) is 1.74. The van der Waals surface area contributed by atoms with Gasteiger partial charge in [-0.1, -0.05) is 20.8 Å². The lowest BCUT2D eigenvalue weighted by Crippen LogP contribution is -3.16. The summed E-state index contributed by atoms with van der Waals surface area (Å²) in [6, 6.07) is 0. The SMILES string of the molecule is CC(C)[C@@H]1CC[C@@H](C)CC12NC(=O)C[NH+]2[O-]. The smallest absolute Gasteiger partial charge is 0.280 e. The number of hydrogen-bond donors (Lipinski definition) is 2. The van der Waals surface area contributed by atoms with E-state index in [2.05, 4.69) is 26.1 Å². The van der Waals surface area contributed by atoms with Gasteiger partial charge in [-0.3, -0.25) is 10.1 Å². The zero-order valence-corrected chi connectivity index (χ0v) is 10.4. The fourth-order valence-electron chi connectivity index (χ4n) is 3.55. The van der Waals surface area contributed by atoms with Crippen molar-refractivity contribution in [2.24, 2.45) is 17.8 Å². The molecule has 4 nitrogen and oxygen atoms in total. The highest BCUT2D eigenvalue weighted by Gasteiger charge is 2.54. The van der Waals surface area contributed by atoms with Crippen LogP contribution in [0.2, 0.25) is 0 Å². The number of rotatable bonds is 1. The van der Waals surface area contributed by atoms with Crippen LogP contribution in [0.15, 0.2) is 0 Å². The summed E-state index contributed by atoms with van der Waals surface area (Å²) in [5, 5.41) is 15.3. The molecule has 1 saturated carbocycles. The number of quaternary nitrogens is 1. The summed E-state index contributed by atoms with van der Waals surface area (Å²) in [4.78, 5) is 11.5. The summed E-state index contributed by atoms with van der Waals surface area (Å²) in [6.07, 6.45) is 3.07. The van der Waals surface area contributed by atoms with Crippen molar-refractivity contribution in [1.82, 2.24) is 5.32 Å². The normalized spacial score (nSPS) is 44.1. The minimum absolute atomic E-state index is 0.0789. The highest BCUT2D eigenvalue weighted by atomic mass is 16.5. The van der Waals surface area contributed by atoms with Gasteiger partial charge in [-0.2, -0.15) is 0 Å². The first-order valence-corrected chi connectivity index (χ1v) is 6.30. The standard InChI is InChI=1S/C12H22N2O2/c1-8(2)10-5-4-9(3)6-12(10)13-11(15)7-14(12)16/h8-10,14H,4-7H2,1-3H3,(H,13,15)/t9-,10+,12?/m1/s1. The summed E-state index contributed by atoms with van der Waals surface area (Å²) in [7, 11) is 0. The molecule has 2 rings (SSSR count). The van der Waals surface area contributed by atoms with Crippen molar-refractivity contribution >= 4 is 5.91 Å². The van der Waals surface area contributed by atoms with Crippen LogP contribution in [0.4, 0.5) is 0 Å². The topological polar surface area (TPSA) is 56.6 Å².